The van der Waals surface area contributed by atoms with Crippen LogP contribution in [0, 0.1) is 0 Å². The molecule has 11 nitrogen and oxygen atoms in total. The summed E-state index contributed by atoms with van der Waals surface area (Å²) in [4.78, 5) is 39.2. The van der Waals surface area contributed by atoms with Crippen molar-refractivity contribution in [3.63, 3.8) is 0 Å². The monoisotopic (exact) mass is 463 g/mol. The predicted molar refractivity (Wildman–Crippen MR) is 116 cm³/mol. The van der Waals surface area contributed by atoms with Crippen LogP contribution in [0.25, 0.3) is 0 Å². The largest absolute Gasteiger partial charge is 0.480 e. The van der Waals surface area contributed by atoms with Crippen molar-refractivity contribution in [3.05, 3.63) is 54.2 Å². The van der Waals surface area contributed by atoms with E-state index >= 15 is 0 Å². The van der Waals surface area contributed by atoms with Gasteiger partial charge in [0.2, 0.25) is 21.8 Å². The number of nitrogens with zero attached hydrogens (tertiary/aromatic N) is 1. The van der Waals surface area contributed by atoms with Gasteiger partial charge in [-0.3, -0.25) is 14.4 Å². The maximum atomic E-state index is 12.3. The Morgan fingerprint density at radius 3 is 2.38 bits per heavy atom. The first-order valence-electron chi connectivity index (χ1n) is 9.72. The fourth-order valence-corrected chi connectivity index (χ4v) is 3.86. The first-order valence-corrected chi connectivity index (χ1v) is 11.2. The summed E-state index contributed by atoms with van der Waals surface area (Å²) in [5.74, 6) is -2.07. The minimum atomic E-state index is -4.08. The van der Waals surface area contributed by atoms with E-state index in [9.17, 15) is 27.9 Å². The van der Waals surface area contributed by atoms with Crippen LogP contribution in [0.15, 0.2) is 53.4 Å². The lowest BCUT2D eigenvalue weighted by Crippen LogP contribution is -2.49. The first kappa shape index (κ1) is 24.8. The number of anilines is 1. The molecule has 6 N–H and O–H groups in total. The fraction of sp³-hybridized carbons (Fsp3) is 0.300. The lowest BCUT2D eigenvalue weighted by molar-refractivity contribution is -0.139. The van der Waals surface area contributed by atoms with Crippen LogP contribution in [0.2, 0.25) is 0 Å². The van der Waals surface area contributed by atoms with E-state index in [0.717, 1.165) is 5.69 Å². The number of nitrogens with one attached hydrogen (secondary N) is 3. The van der Waals surface area contributed by atoms with Crippen LogP contribution in [0.5, 0.6) is 0 Å². The highest BCUT2D eigenvalue weighted by Gasteiger charge is 2.25. The molecule has 2 rings (SSSR count). The first-order chi connectivity index (χ1) is 15.2. The fourth-order valence-electron chi connectivity index (χ4n) is 2.65. The van der Waals surface area contributed by atoms with Crippen molar-refractivity contribution in [2.24, 2.45) is 0 Å². The Morgan fingerprint density at radius 1 is 1.00 bits per heavy atom. The molecule has 0 radical (unpaired) electrons. The number of sulfonamides is 1. The molecule has 1 aromatic heterocycles. The summed E-state index contributed by atoms with van der Waals surface area (Å²) >= 11 is 0. The smallest absolute Gasteiger partial charge is 0.323 e. The van der Waals surface area contributed by atoms with E-state index < -0.39 is 34.5 Å². The quantitative estimate of drug-likeness (QED) is 0.283. The highest BCUT2D eigenvalue weighted by Crippen LogP contribution is 2.08. The number of pyridine rings is 1. The molecule has 0 aliphatic heterocycles. The second-order valence-electron chi connectivity index (χ2n) is 6.81. The number of aliphatic carboxylic acids is 1. The van der Waals surface area contributed by atoms with Crippen molar-refractivity contribution < 1.29 is 27.9 Å². The van der Waals surface area contributed by atoms with E-state index in [4.69, 9.17) is 5.73 Å². The maximum Gasteiger partial charge on any atom is 0.323 e. The SMILES string of the molecule is Nc1cccc(CCCC(=O)NCC(=O)NCC(NS(=O)(=O)c2ccccc2)C(=O)O)n1. The molecule has 0 bridgehead atoms. The predicted octanol–water partition coefficient (Wildman–Crippen LogP) is -0.349. The number of rotatable bonds is 12. The van der Waals surface area contributed by atoms with Gasteiger partial charge in [-0.25, -0.2) is 13.4 Å². The number of carbonyl (C=O) groups excluding carboxylic acids is 2. The molecule has 0 saturated heterocycles. The zero-order valence-electron chi connectivity index (χ0n) is 17.2. The number of carboxylic acids is 1. The molecule has 0 saturated carbocycles. The molecule has 0 aliphatic carbocycles. The summed E-state index contributed by atoms with van der Waals surface area (Å²) in [7, 11) is -4.08. The van der Waals surface area contributed by atoms with Crippen molar-refractivity contribution in [1.29, 1.82) is 0 Å². The number of aryl methyl sites for hydroxylation is 1. The number of aromatic nitrogens is 1. The van der Waals surface area contributed by atoms with E-state index in [-0.39, 0.29) is 23.8 Å². The topological polar surface area (TPSA) is 181 Å². The minimum Gasteiger partial charge on any atom is -0.480 e. The molecule has 1 heterocycles. The lowest BCUT2D eigenvalue weighted by atomic mass is 10.1. The Bertz CT molecular complexity index is 1050. The van der Waals surface area contributed by atoms with E-state index in [1.165, 1.54) is 24.3 Å². The van der Waals surface area contributed by atoms with E-state index in [0.29, 0.717) is 18.7 Å². The molecule has 1 aromatic carbocycles. The third-order valence-electron chi connectivity index (χ3n) is 4.26. The standard InChI is InChI=1S/C20H25N5O6S/c21-17-10-4-6-14(24-17)7-5-11-18(26)23-13-19(27)22-12-16(20(28)29)25-32(30,31)15-8-2-1-3-9-15/h1-4,6,8-10,16,25H,5,7,11-13H2,(H2,21,24)(H,22,27)(H,23,26)(H,28,29). The van der Waals surface area contributed by atoms with Gasteiger partial charge in [0.25, 0.3) is 0 Å². The molecular formula is C20H25N5O6S. The zero-order chi connectivity index (χ0) is 23.6. The number of benzene rings is 1. The van der Waals surface area contributed by atoms with E-state index in [2.05, 4.69) is 15.6 Å². The van der Waals surface area contributed by atoms with Crippen LogP contribution in [0.3, 0.4) is 0 Å². The Balaban J connectivity index is 1.74. The van der Waals surface area contributed by atoms with Gasteiger partial charge < -0.3 is 21.5 Å². The summed E-state index contributed by atoms with van der Waals surface area (Å²) in [6.07, 6.45) is 1.22. The molecule has 2 amide bonds. The van der Waals surface area contributed by atoms with Gasteiger partial charge in [0.1, 0.15) is 11.9 Å². The number of hydrogen-bond acceptors (Lipinski definition) is 7. The van der Waals surface area contributed by atoms with Gasteiger partial charge in [-0.1, -0.05) is 24.3 Å². The van der Waals surface area contributed by atoms with Gasteiger partial charge in [0.05, 0.1) is 11.4 Å². The third kappa shape index (κ3) is 8.32. The molecule has 1 atom stereocenters. The van der Waals surface area contributed by atoms with Crippen molar-refractivity contribution in [3.8, 4) is 0 Å². The van der Waals surface area contributed by atoms with Crippen molar-refractivity contribution in [1.82, 2.24) is 20.3 Å². The van der Waals surface area contributed by atoms with E-state index in [1.807, 2.05) is 4.72 Å². The molecule has 2 aromatic rings. The normalized spacial score (nSPS) is 12.0. The number of nitrogen functional groups attached to an aromatic ring is 1. The number of nitrogens with two attached hydrogens (primary N) is 1. The van der Waals surface area contributed by atoms with E-state index in [1.54, 1.807) is 24.3 Å². The Hall–Kier alpha value is -3.51. The highest BCUT2D eigenvalue weighted by molar-refractivity contribution is 7.89. The van der Waals surface area contributed by atoms with Crippen LogP contribution in [0.1, 0.15) is 18.5 Å². The van der Waals surface area contributed by atoms with Crippen LogP contribution < -0.4 is 21.1 Å². The second-order valence-corrected chi connectivity index (χ2v) is 8.53. The van der Waals surface area contributed by atoms with Gasteiger partial charge in [-0.15, -0.1) is 0 Å². The van der Waals surface area contributed by atoms with Gasteiger partial charge in [0.15, 0.2) is 0 Å². The molecule has 0 aliphatic rings. The van der Waals surface area contributed by atoms with Gasteiger partial charge in [0, 0.05) is 18.7 Å². The van der Waals surface area contributed by atoms with Crippen molar-refractivity contribution in [2.45, 2.75) is 30.2 Å². The number of carbonyl (C=O) groups is 3. The average molecular weight is 464 g/mol. The zero-order valence-corrected chi connectivity index (χ0v) is 18.0. The summed E-state index contributed by atoms with van der Waals surface area (Å²) in [5.41, 5.74) is 6.35. The van der Waals surface area contributed by atoms with Crippen LogP contribution >= 0.6 is 0 Å². The highest BCUT2D eigenvalue weighted by atomic mass is 32.2. The van der Waals surface area contributed by atoms with Crippen molar-refractivity contribution >= 4 is 33.6 Å². The lowest BCUT2D eigenvalue weighted by Gasteiger charge is -2.16. The van der Waals surface area contributed by atoms with Gasteiger partial charge in [-0.2, -0.15) is 4.72 Å². The minimum absolute atomic E-state index is 0.0989. The van der Waals surface area contributed by atoms with Gasteiger partial charge >= 0.3 is 5.97 Å². The molecule has 0 fully saturated rings. The third-order valence-corrected chi connectivity index (χ3v) is 5.75. The Kier molecular flexibility index (Phi) is 9.10. The molecule has 172 valence electrons. The molecular weight excluding hydrogens is 438 g/mol. The average Bonchev–Trinajstić information content (AvgIpc) is 2.75. The molecule has 1 unspecified atom stereocenters. The molecule has 32 heavy (non-hydrogen) atoms. The summed E-state index contributed by atoms with van der Waals surface area (Å²) in [6, 6.07) is 10.9. The second kappa shape index (κ2) is 11.8. The number of amides is 2. The molecule has 0 spiro atoms. The van der Waals surface area contributed by atoms with Crippen LogP contribution in [-0.2, 0) is 30.8 Å². The van der Waals surface area contributed by atoms with Gasteiger partial charge in [-0.05, 0) is 37.1 Å². The Labute approximate surface area is 185 Å². The Morgan fingerprint density at radius 2 is 1.72 bits per heavy atom. The maximum absolute atomic E-state index is 12.3. The number of hydrogen-bond donors (Lipinski definition) is 5. The molecule has 12 heteroatoms. The summed E-state index contributed by atoms with van der Waals surface area (Å²) in [5, 5.41) is 14.0. The summed E-state index contributed by atoms with van der Waals surface area (Å²) in [6.45, 7) is -0.857. The number of carboxylic acid groups (broad SMARTS) is 1. The van der Waals surface area contributed by atoms with Crippen LogP contribution in [0.4, 0.5) is 5.82 Å². The van der Waals surface area contributed by atoms with Crippen LogP contribution in [-0.4, -0.2) is 55.4 Å². The summed E-state index contributed by atoms with van der Waals surface area (Å²) < 4.78 is 26.6. The van der Waals surface area contributed by atoms with Crippen molar-refractivity contribution in [2.75, 3.05) is 18.8 Å².